The van der Waals surface area contributed by atoms with Gasteiger partial charge in [-0.05, 0) is 105 Å². The van der Waals surface area contributed by atoms with E-state index >= 15 is 0 Å². The van der Waals surface area contributed by atoms with Crippen molar-refractivity contribution in [3.63, 3.8) is 0 Å². The van der Waals surface area contributed by atoms with E-state index in [2.05, 4.69) is 95.4 Å². The van der Waals surface area contributed by atoms with Crippen LogP contribution in [0.5, 0.6) is 0 Å². The topological polar surface area (TPSA) is 54.0 Å². The highest BCUT2D eigenvalue weighted by Crippen LogP contribution is 2.68. The largest absolute Gasteiger partial charge is 0.413 e. The molecule has 4 aliphatic carbocycles. The van der Waals surface area contributed by atoms with Crippen LogP contribution in [0.3, 0.4) is 0 Å². The monoisotopic (exact) mass is 606 g/mol. The SMILES string of the molecule is CC1(C)O[C@@H]2C3C(CC[C@@]4(C)C3CC[C@@H]4O[Si](C)(C)C(C)(C)C)[C@@]3(C)C(=O)CC(O[Si](C)(C)C(C)(C)C)CC3[C@H]2O1. The van der Waals surface area contributed by atoms with Crippen molar-refractivity contribution >= 4 is 22.4 Å². The molecule has 0 amide bonds. The lowest BCUT2D eigenvalue weighted by Gasteiger charge is -2.62. The molecule has 4 saturated carbocycles. The van der Waals surface area contributed by atoms with Crippen LogP contribution in [0, 0.1) is 34.5 Å². The number of carbonyl (C=O) groups is 1. The normalized spacial score (nSPS) is 44.7. The van der Waals surface area contributed by atoms with Gasteiger partial charge in [0.25, 0.3) is 0 Å². The third-order valence-electron chi connectivity index (χ3n) is 13.8. The first-order valence-electron chi connectivity index (χ1n) is 16.7. The van der Waals surface area contributed by atoms with E-state index in [1.54, 1.807) is 0 Å². The summed E-state index contributed by atoms with van der Waals surface area (Å²) in [6.45, 7) is 32.3. The summed E-state index contributed by atoms with van der Waals surface area (Å²) in [5, 5.41) is 0.310. The highest BCUT2D eigenvalue weighted by molar-refractivity contribution is 6.74. The molecule has 7 heteroatoms. The average molecular weight is 607 g/mol. The Morgan fingerprint density at radius 3 is 1.90 bits per heavy atom. The molecule has 0 spiro atoms. The molecule has 1 saturated heterocycles. The number of hydrogen-bond acceptors (Lipinski definition) is 5. The quantitative estimate of drug-likeness (QED) is 0.300. The van der Waals surface area contributed by atoms with Gasteiger partial charge in [-0.15, -0.1) is 0 Å². The van der Waals surface area contributed by atoms with Crippen molar-refractivity contribution in [1.29, 1.82) is 0 Å². The number of ether oxygens (including phenoxy) is 2. The van der Waals surface area contributed by atoms with Crippen molar-refractivity contribution < 1.29 is 23.1 Å². The number of fused-ring (bicyclic) bond motifs is 8. The number of carbonyl (C=O) groups excluding carboxylic acids is 1. The van der Waals surface area contributed by atoms with E-state index in [1.165, 1.54) is 0 Å². The first kappa shape index (κ1) is 32.3. The Hall–Kier alpha value is -0.0562. The molecule has 0 aromatic rings. The van der Waals surface area contributed by atoms with Crippen LogP contribution in [0.1, 0.15) is 108 Å². The Balaban J connectivity index is 1.48. The Morgan fingerprint density at radius 2 is 1.32 bits per heavy atom. The molecular weight excluding hydrogens is 545 g/mol. The van der Waals surface area contributed by atoms with Crippen molar-refractivity contribution in [3.05, 3.63) is 0 Å². The maximum Gasteiger partial charge on any atom is 0.192 e. The summed E-state index contributed by atoms with van der Waals surface area (Å²) < 4.78 is 27.8. The van der Waals surface area contributed by atoms with Gasteiger partial charge < -0.3 is 18.3 Å². The lowest BCUT2D eigenvalue weighted by molar-refractivity contribution is -0.193. The van der Waals surface area contributed by atoms with E-state index in [4.69, 9.17) is 18.3 Å². The van der Waals surface area contributed by atoms with Crippen LogP contribution in [-0.4, -0.2) is 52.6 Å². The molecule has 0 bridgehead atoms. The molecule has 1 heterocycles. The summed E-state index contributed by atoms with van der Waals surface area (Å²) in [4.78, 5) is 14.5. The summed E-state index contributed by atoms with van der Waals surface area (Å²) in [7, 11) is -3.90. The zero-order valence-corrected chi connectivity index (χ0v) is 30.9. The van der Waals surface area contributed by atoms with E-state index in [0.29, 0.717) is 30.0 Å². The lowest BCUT2D eigenvalue weighted by atomic mass is 9.43. The summed E-state index contributed by atoms with van der Waals surface area (Å²) in [6, 6.07) is 0. The molecule has 5 nitrogen and oxygen atoms in total. The van der Waals surface area contributed by atoms with Gasteiger partial charge >= 0.3 is 0 Å². The standard InChI is InChI=1S/C34H62O5Si2/c1-30(2,3)40(11,12)38-21-19-24-28-29(37-32(7,8)36-28)27-22-15-16-26(39-41(13,14)31(4,5)6)33(22,9)18-17-23(27)34(24,10)25(35)20-21/h21-24,26-29H,15-20H2,1-14H3/t21?,22?,23?,24?,26-,27?,28+,29+,33-,34+/m0/s1. The Labute approximate surface area is 253 Å². The Morgan fingerprint density at radius 1 is 0.756 bits per heavy atom. The van der Waals surface area contributed by atoms with Crippen molar-refractivity contribution in [2.75, 3.05) is 0 Å². The van der Waals surface area contributed by atoms with Crippen LogP contribution in [0.15, 0.2) is 0 Å². The van der Waals surface area contributed by atoms with E-state index in [1.807, 2.05) is 0 Å². The van der Waals surface area contributed by atoms with E-state index in [9.17, 15) is 4.79 Å². The van der Waals surface area contributed by atoms with Gasteiger partial charge in [0.15, 0.2) is 22.4 Å². The van der Waals surface area contributed by atoms with Crippen LogP contribution in [0.4, 0.5) is 0 Å². The predicted molar refractivity (Wildman–Crippen MR) is 171 cm³/mol. The summed E-state index contributed by atoms with van der Waals surface area (Å²) in [6.07, 6.45) is 6.18. The molecule has 0 radical (unpaired) electrons. The van der Waals surface area contributed by atoms with Crippen LogP contribution >= 0.6 is 0 Å². The Bertz CT molecular complexity index is 1040. The highest BCUT2D eigenvalue weighted by Gasteiger charge is 2.71. The third kappa shape index (κ3) is 5.03. The van der Waals surface area contributed by atoms with Gasteiger partial charge in [0, 0.05) is 17.8 Å². The molecule has 5 fully saturated rings. The molecule has 5 aliphatic rings. The minimum atomic E-state index is -2.00. The third-order valence-corrected chi connectivity index (χ3v) is 22.8. The Kier molecular flexibility index (Phi) is 7.67. The molecule has 5 unspecified atom stereocenters. The molecule has 5 rings (SSSR count). The predicted octanol–water partition coefficient (Wildman–Crippen LogP) is 8.73. The smallest absolute Gasteiger partial charge is 0.192 e. The molecule has 0 aromatic carbocycles. The van der Waals surface area contributed by atoms with Crippen LogP contribution in [-0.2, 0) is 23.1 Å². The first-order valence-corrected chi connectivity index (χ1v) is 22.5. The zero-order chi connectivity index (χ0) is 30.8. The second-order valence-corrected chi connectivity index (χ2v) is 28.1. The van der Waals surface area contributed by atoms with Gasteiger partial charge in [0.05, 0.1) is 24.4 Å². The minimum absolute atomic E-state index is 0.0197. The van der Waals surface area contributed by atoms with Gasteiger partial charge in [0.2, 0.25) is 0 Å². The fourth-order valence-corrected chi connectivity index (χ4v) is 12.2. The molecule has 0 N–H and O–H groups in total. The van der Waals surface area contributed by atoms with Crippen molar-refractivity contribution in [1.82, 2.24) is 0 Å². The zero-order valence-electron chi connectivity index (χ0n) is 28.9. The summed E-state index contributed by atoms with van der Waals surface area (Å²) >= 11 is 0. The number of hydrogen-bond donors (Lipinski definition) is 0. The van der Waals surface area contributed by atoms with Gasteiger partial charge in [-0.2, -0.15) is 0 Å². The van der Waals surface area contributed by atoms with Gasteiger partial charge in [-0.1, -0.05) is 55.4 Å². The van der Waals surface area contributed by atoms with E-state index in [-0.39, 0.29) is 51.2 Å². The number of ketones is 1. The van der Waals surface area contributed by atoms with Crippen LogP contribution in [0.25, 0.3) is 0 Å². The van der Waals surface area contributed by atoms with Crippen molar-refractivity contribution in [2.45, 2.75) is 174 Å². The molecule has 10 atom stereocenters. The lowest BCUT2D eigenvalue weighted by Crippen LogP contribution is -2.66. The highest BCUT2D eigenvalue weighted by atomic mass is 28.4. The average Bonchev–Trinajstić information content (AvgIpc) is 3.29. The second kappa shape index (κ2) is 9.72. The van der Waals surface area contributed by atoms with Gasteiger partial charge in [-0.3, -0.25) is 4.79 Å². The van der Waals surface area contributed by atoms with E-state index in [0.717, 1.165) is 32.1 Å². The van der Waals surface area contributed by atoms with Gasteiger partial charge in [0.1, 0.15) is 5.78 Å². The number of rotatable bonds is 4. The fraction of sp³-hybridized carbons (Fsp3) is 0.971. The fourth-order valence-electron chi connectivity index (χ4n) is 9.34. The number of Topliss-reactive ketones (excluding diaryl/α,β-unsaturated/α-hetero) is 1. The minimum Gasteiger partial charge on any atom is -0.413 e. The second-order valence-electron chi connectivity index (χ2n) is 18.6. The van der Waals surface area contributed by atoms with E-state index < -0.39 is 22.4 Å². The van der Waals surface area contributed by atoms with Crippen LogP contribution < -0.4 is 0 Å². The van der Waals surface area contributed by atoms with Crippen molar-refractivity contribution in [2.24, 2.45) is 34.5 Å². The summed E-state index contributed by atoms with van der Waals surface area (Å²) in [5.74, 6) is 1.07. The van der Waals surface area contributed by atoms with Crippen LogP contribution in [0.2, 0.25) is 36.3 Å². The van der Waals surface area contributed by atoms with Gasteiger partial charge in [-0.25, -0.2) is 0 Å². The molecule has 236 valence electrons. The molecule has 41 heavy (non-hydrogen) atoms. The summed E-state index contributed by atoms with van der Waals surface area (Å²) in [5.41, 5.74) is -0.269. The molecule has 0 aromatic heterocycles. The maximum atomic E-state index is 14.5. The van der Waals surface area contributed by atoms with Crippen molar-refractivity contribution in [3.8, 4) is 0 Å². The molecule has 1 aliphatic heterocycles. The molecular formula is C34H62O5Si2. The maximum absolute atomic E-state index is 14.5. The first-order chi connectivity index (χ1) is 18.4.